The van der Waals surface area contributed by atoms with Crippen molar-refractivity contribution in [3.05, 3.63) is 60.0 Å². The first kappa shape index (κ1) is 17.5. The van der Waals surface area contributed by atoms with E-state index in [1.54, 1.807) is 38.5 Å². The fourth-order valence-corrected chi connectivity index (χ4v) is 2.36. The first-order valence-corrected chi connectivity index (χ1v) is 8.09. The number of rotatable bonds is 7. The molecule has 0 aliphatic rings. The first-order chi connectivity index (χ1) is 12.7. The summed E-state index contributed by atoms with van der Waals surface area (Å²) < 4.78 is 15.5. The smallest absolute Gasteiger partial charge is 0.251 e. The second-order valence-electron chi connectivity index (χ2n) is 5.48. The van der Waals surface area contributed by atoms with Gasteiger partial charge in [0.15, 0.2) is 0 Å². The summed E-state index contributed by atoms with van der Waals surface area (Å²) in [4.78, 5) is 16.4. The number of hydrogen-bond donors (Lipinski definition) is 1. The van der Waals surface area contributed by atoms with Gasteiger partial charge in [-0.3, -0.25) is 4.79 Å². The summed E-state index contributed by atoms with van der Waals surface area (Å²) in [6, 6.07) is 14.3. The van der Waals surface area contributed by atoms with Gasteiger partial charge >= 0.3 is 0 Å². The minimum absolute atomic E-state index is 0.166. The summed E-state index contributed by atoms with van der Waals surface area (Å²) in [7, 11) is 3.19. The number of hydrogen-bond acceptors (Lipinski definition) is 6. The molecule has 0 radical (unpaired) electrons. The molecule has 1 amide bonds. The van der Waals surface area contributed by atoms with Gasteiger partial charge in [-0.25, -0.2) is 0 Å². The lowest BCUT2D eigenvalue weighted by Gasteiger charge is -2.04. The Morgan fingerprint density at radius 2 is 1.85 bits per heavy atom. The minimum atomic E-state index is -0.166. The molecular formula is C19H19N3O4. The molecule has 0 spiro atoms. The lowest BCUT2D eigenvalue weighted by Crippen LogP contribution is -2.25. The molecule has 1 N–H and O–H groups in total. The van der Waals surface area contributed by atoms with Crippen molar-refractivity contribution in [3.63, 3.8) is 0 Å². The molecule has 0 saturated carbocycles. The molecule has 0 aliphatic carbocycles. The van der Waals surface area contributed by atoms with Crippen LogP contribution in [0.15, 0.2) is 53.1 Å². The highest BCUT2D eigenvalue weighted by Gasteiger charge is 2.10. The maximum Gasteiger partial charge on any atom is 0.251 e. The number of carbonyl (C=O) groups excluding carboxylic acids is 1. The highest BCUT2D eigenvalue weighted by molar-refractivity contribution is 5.94. The Kier molecular flexibility index (Phi) is 5.48. The predicted octanol–water partition coefficient (Wildman–Crippen LogP) is 2.73. The van der Waals surface area contributed by atoms with Gasteiger partial charge < -0.3 is 19.3 Å². The van der Waals surface area contributed by atoms with E-state index >= 15 is 0 Å². The van der Waals surface area contributed by atoms with Crippen LogP contribution in [0.2, 0.25) is 0 Å². The maximum absolute atomic E-state index is 12.1. The van der Waals surface area contributed by atoms with Crippen LogP contribution in [-0.2, 0) is 6.42 Å². The molecule has 0 unspecified atom stereocenters. The molecule has 0 saturated heterocycles. The standard InChI is InChI=1S/C19H19N3O4/c1-24-15-8-6-13(7-9-15)19(23)20-11-10-17-21-18(22-26-17)14-4-3-5-16(12-14)25-2/h3-9,12H,10-11H2,1-2H3,(H,20,23). The van der Waals surface area contributed by atoms with E-state index in [9.17, 15) is 4.79 Å². The molecular weight excluding hydrogens is 334 g/mol. The molecule has 3 rings (SSSR count). The average molecular weight is 353 g/mol. The van der Waals surface area contributed by atoms with Crippen molar-refractivity contribution in [1.82, 2.24) is 15.5 Å². The molecule has 2 aromatic carbocycles. The lowest BCUT2D eigenvalue weighted by atomic mass is 10.2. The molecule has 0 aliphatic heterocycles. The fourth-order valence-electron chi connectivity index (χ4n) is 2.36. The Bertz CT molecular complexity index is 875. The second kappa shape index (κ2) is 8.15. The predicted molar refractivity (Wildman–Crippen MR) is 95.3 cm³/mol. The second-order valence-corrected chi connectivity index (χ2v) is 5.48. The van der Waals surface area contributed by atoms with Gasteiger partial charge in [0.25, 0.3) is 5.91 Å². The monoisotopic (exact) mass is 353 g/mol. The van der Waals surface area contributed by atoms with Crippen LogP contribution in [0.5, 0.6) is 11.5 Å². The van der Waals surface area contributed by atoms with Crippen molar-refractivity contribution >= 4 is 5.91 Å². The number of carbonyl (C=O) groups is 1. The van der Waals surface area contributed by atoms with E-state index in [0.29, 0.717) is 36.0 Å². The third kappa shape index (κ3) is 4.18. The van der Waals surface area contributed by atoms with Crippen molar-refractivity contribution < 1.29 is 18.8 Å². The normalized spacial score (nSPS) is 10.4. The summed E-state index contributed by atoms with van der Waals surface area (Å²) in [6.45, 7) is 0.393. The van der Waals surface area contributed by atoms with Gasteiger partial charge in [0.1, 0.15) is 11.5 Å². The fraction of sp³-hybridized carbons (Fsp3) is 0.211. The van der Waals surface area contributed by atoms with Gasteiger partial charge in [0.05, 0.1) is 14.2 Å². The SMILES string of the molecule is COc1ccc(C(=O)NCCc2nc(-c3cccc(OC)c3)no2)cc1. The topological polar surface area (TPSA) is 86.5 Å². The number of aromatic nitrogens is 2. The summed E-state index contributed by atoms with van der Waals surface area (Å²) in [5.41, 5.74) is 1.37. The zero-order chi connectivity index (χ0) is 18.4. The van der Waals surface area contributed by atoms with Crippen LogP contribution < -0.4 is 14.8 Å². The Hall–Kier alpha value is -3.35. The molecule has 1 heterocycles. The van der Waals surface area contributed by atoms with E-state index in [4.69, 9.17) is 14.0 Å². The van der Waals surface area contributed by atoms with E-state index in [-0.39, 0.29) is 5.91 Å². The van der Waals surface area contributed by atoms with Crippen molar-refractivity contribution in [3.8, 4) is 22.9 Å². The summed E-state index contributed by atoms with van der Waals surface area (Å²) in [5.74, 6) is 2.21. The zero-order valence-corrected chi connectivity index (χ0v) is 14.6. The van der Waals surface area contributed by atoms with E-state index < -0.39 is 0 Å². The van der Waals surface area contributed by atoms with Crippen molar-refractivity contribution in [2.75, 3.05) is 20.8 Å². The number of methoxy groups -OCH3 is 2. The molecule has 134 valence electrons. The Morgan fingerprint density at radius 3 is 2.58 bits per heavy atom. The van der Waals surface area contributed by atoms with E-state index in [0.717, 1.165) is 11.3 Å². The van der Waals surface area contributed by atoms with Crippen LogP contribution >= 0.6 is 0 Å². The molecule has 0 atom stereocenters. The highest BCUT2D eigenvalue weighted by atomic mass is 16.5. The van der Waals surface area contributed by atoms with E-state index in [1.165, 1.54) is 0 Å². The molecule has 7 nitrogen and oxygen atoms in total. The molecule has 3 aromatic rings. The Morgan fingerprint density at radius 1 is 1.08 bits per heavy atom. The van der Waals surface area contributed by atoms with Gasteiger partial charge in [-0.05, 0) is 36.4 Å². The molecule has 0 fully saturated rings. The van der Waals surface area contributed by atoms with Gasteiger partial charge in [0, 0.05) is 24.1 Å². The average Bonchev–Trinajstić information content (AvgIpc) is 3.17. The summed E-state index contributed by atoms with van der Waals surface area (Å²) >= 11 is 0. The number of nitrogens with one attached hydrogen (secondary N) is 1. The van der Waals surface area contributed by atoms with Crippen molar-refractivity contribution in [2.45, 2.75) is 6.42 Å². The third-order valence-corrected chi connectivity index (χ3v) is 3.77. The van der Waals surface area contributed by atoms with Gasteiger partial charge in [-0.2, -0.15) is 4.98 Å². The third-order valence-electron chi connectivity index (χ3n) is 3.77. The van der Waals surface area contributed by atoms with E-state index in [2.05, 4.69) is 15.5 Å². The van der Waals surface area contributed by atoms with E-state index in [1.807, 2.05) is 24.3 Å². The van der Waals surface area contributed by atoms with Crippen LogP contribution in [0.3, 0.4) is 0 Å². The van der Waals surface area contributed by atoms with Crippen LogP contribution in [0.4, 0.5) is 0 Å². The minimum Gasteiger partial charge on any atom is -0.497 e. The van der Waals surface area contributed by atoms with Crippen LogP contribution in [0, 0.1) is 0 Å². The quantitative estimate of drug-likeness (QED) is 0.703. The first-order valence-electron chi connectivity index (χ1n) is 8.09. The van der Waals surface area contributed by atoms with Crippen molar-refractivity contribution in [2.24, 2.45) is 0 Å². The van der Waals surface area contributed by atoms with Gasteiger partial charge in [-0.1, -0.05) is 17.3 Å². The molecule has 7 heteroatoms. The molecule has 26 heavy (non-hydrogen) atoms. The van der Waals surface area contributed by atoms with Crippen LogP contribution in [0.1, 0.15) is 16.2 Å². The molecule has 0 bridgehead atoms. The number of amides is 1. The number of benzene rings is 2. The largest absolute Gasteiger partial charge is 0.497 e. The maximum atomic E-state index is 12.1. The number of nitrogens with zero attached hydrogens (tertiary/aromatic N) is 2. The van der Waals surface area contributed by atoms with Gasteiger partial charge in [0.2, 0.25) is 11.7 Å². The Labute approximate surface area is 150 Å². The lowest BCUT2D eigenvalue weighted by molar-refractivity contribution is 0.0953. The zero-order valence-electron chi connectivity index (χ0n) is 14.6. The summed E-state index contributed by atoms with van der Waals surface area (Å²) in [6.07, 6.45) is 0.443. The van der Waals surface area contributed by atoms with Gasteiger partial charge in [-0.15, -0.1) is 0 Å². The molecule has 1 aromatic heterocycles. The number of ether oxygens (including phenoxy) is 2. The van der Waals surface area contributed by atoms with Crippen LogP contribution in [0.25, 0.3) is 11.4 Å². The summed E-state index contributed by atoms with van der Waals surface area (Å²) in [5, 5.41) is 6.79. The van der Waals surface area contributed by atoms with Crippen LogP contribution in [-0.4, -0.2) is 36.8 Å². The highest BCUT2D eigenvalue weighted by Crippen LogP contribution is 2.21. The van der Waals surface area contributed by atoms with Crippen molar-refractivity contribution in [1.29, 1.82) is 0 Å². The Balaban J connectivity index is 1.55.